The van der Waals surface area contributed by atoms with Crippen molar-refractivity contribution in [2.75, 3.05) is 28.6 Å². The third kappa shape index (κ3) is 4.56. The van der Waals surface area contributed by atoms with Crippen molar-refractivity contribution in [1.29, 1.82) is 0 Å². The van der Waals surface area contributed by atoms with Crippen LogP contribution in [0.2, 0.25) is 0 Å². The molecule has 0 aliphatic carbocycles. The van der Waals surface area contributed by atoms with Gasteiger partial charge in [-0.1, -0.05) is 0 Å². The highest BCUT2D eigenvalue weighted by Crippen LogP contribution is 2.23. The molecule has 2 amide bonds. The van der Waals surface area contributed by atoms with Crippen molar-refractivity contribution in [2.24, 2.45) is 5.92 Å². The number of anilines is 3. The normalized spacial score (nSPS) is 14.8. The van der Waals surface area contributed by atoms with E-state index >= 15 is 0 Å². The van der Waals surface area contributed by atoms with Crippen LogP contribution in [0.15, 0.2) is 36.4 Å². The first-order valence-corrected chi connectivity index (χ1v) is 8.75. The fraction of sp³-hybridized carbons (Fsp3) is 0.368. The second kappa shape index (κ2) is 7.95. The largest absolute Gasteiger partial charge is 0.355 e. The number of piperidine rings is 1. The Morgan fingerprint density at radius 2 is 1.58 bits per heavy atom. The number of carbonyl (C=O) groups excluding carboxylic acids is 2. The average molecular weight is 353 g/mol. The zero-order chi connectivity index (χ0) is 18.5. The van der Waals surface area contributed by atoms with Gasteiger partial charge in [0, 0.05) is 37.3 Å². The fourth-order valence-electron chi connectivity index (χ4n) is 3.02. The van der Waals surface area contributed by atoms with Gasteiger partial charge in [0.15, 0.2) is 5.82 Å². The molecule has 7 nitrogen and oxygen atoms in total. The average Bonchev–Trinajstić information content (AvgIpc) is 2.64. The van der Waals surface area contributed by atoms with Crippen LogP contribution in [0.4, 0.5) is 17.2 Å². The minimum absolute atomic E-state index is 0.0142. The lowest BCUT2D eigenvalue weighted by atomic mass is 9.96. The van der Waals surface area contributed by atoms with Gasteiger partial charge in [-0.2, -0.15) is 5.10 Å². The fourth-order valence-corrected chi connectivity index (χ4v) is 3.02. The minimum atomic E-state index is -0.119. The van der Waals surface area contributed by atoms with Crippen molar-refractivity contribution in [3.05, 3.63) is 42.1 Å². The van der Waals surface area contributed by atoms with Gasteiger partial charge in [-0.05, 0) is 56.2 Å². The maximum absolute atomic E-state index is 12.5. The lowest BCUT2D eigenvalue weighted by molar-refractivity contribution is -0.120. The third-order valence-electron chi connectivity index (χ3n) is 4.45. The van der Waals surface area contributed by atoms with E-state index in [4.69, 9.17) is 0 Å². The molecule has 26 heavy (non-hydrogen) atoms. The highest BCUT2D eigenvalue weighted by molar-refractivity contribution is 5.93. The number of benzene rings is 1. The summed E-state index contributed by atoms with van der Waals surface area (Å²) in [6, 6.07) is 11.1. The molecule has 2 aromatic rings. The van der Waals surface area contributed by atoms with Gasteiger partial charge in [0.1, 0.15) is 0 Å². The molecule has 0 bridgehead atoms. The van der Waals surface area contributed by atoms with Crippen molar-refractivity contribution in [2.45, 2.75) is 26.7 Å². The number of rotatable bonds is 4. The highest BCUT2D eigenvalue weighted by atomic mass is 16.2. The first kappa shape index (κ1) is 17.8. The molecule has 1 aliphatic heterocycles. The predicted molar refractivity (Wildman–Crippen MR) is 101 cm³/mol. The van der Waals surface area contributed by atoms with Crippen LogP contribution >= 0.6 is 0 Å². The van der Waals surface area contributed by atoms with Gasteiger partial charge in [-0.25, -0.2) is 0 Å². The van der Waals surface area contributed by atoms with E-state index < -0.39 is 0 Å². The summed E-state index contributed by atoms with van der Waals surface area (Å²) in [4.78, 5) is 25.7. The molecule has 0 saturated carbocycles. The van der Waals surface area contributed by atoms with E-state index in [0.717, 1.165) is 43.1 Å². The van der Waals surface area contributed by atoms with Crippen molar-refractivity contribution >= 4 is 29.0 Å². The third-order valence-corrected chi connectivity index (χ3v) is 4.45. The number of aromatic nitrogens is 2. The highest BCUT2D eigenvalue weighted by Gasteiger charge is 2.25. The van der Waals surface area contributed by atoms with Gasteiger partial charge < -0.3 is 15.5 Å². The van der Waals surface area contributed by atoms with Gasteiger partial charge >= 0.3 is 0 Å². The zero-order valence-electron chi connectivity index (χ0n) is 15.0. The van der Waals surface area contributed by atoms with Crippen LogP contribution in [0.25, 0.3) is 0 Å². The van der Waals surface area contributed by atoms with Gasteiger partial charge in [0.05, 0.1) is 5.69 Å². The molecule has 0 unspecified atom stereocenters. The summed E-state index contributed by atoms with van der Waals surface area (Å²) in [5, 5.41) is 14.0. The SMILES string of the molecule is CC(=O)Nc1ccc(NC(=O)C2CCN(c3ccc(C)nn3)CC2)cc1. The molecule has 1 aromatic heterocycles. The monoisotopic (exact) mass is 353 g/mol. The Hall–Kier alpha value is -2.96. The second-order valence-electron chi connectivity index (χ2n) is 6.54. The van der Waals surface area contributed by atoms with Crippen LogP contribution in [-0.2, 0) is 9.59 Å². The molecule has 1 aliphatic rings. The van der Waals surface area contributed by atoms with Crippen molar-refractivity contribution < 1.29 is 9.59 Å². The molecule has 1 saturated heterocycles. The van der Waals surface area contributed by atoms with Crippen LogP contribution in [0.1, 0.15) is 25.5 Å². The Bertz CT molecular complexity index is 766. The summed E-state index contributed by atoms with van der Waals surface area (Å²) < 4.78 is 0. The molecule has 2 heterocycles. The van der Waals surface area contributed by atoms with E-state index in [1.807, 2.05) is 19.1 Å². The topological polar surface area (TPSA) is 87.2 Å². The molecule has 1 aromatic carbocycles. The van der Waals surface area contributed by atoms with Crippen molar-refractivity contribution in [3.63, 3.8) is 0 Å². The molecule has 7 heteroatoms. The van der Waals surface area contributed by atoms with Gasteiger partial charge in [0.2, 0.25) is 11.8 Å². The maximum atomic E-state index is 12.5. The summed E-state index contributed by atoms with van der Waals surface area (Å²) >= 11 is 0. The summed E-state index contributed by atoms with van der Waals surface area (Å²) in [5.74, 6) is 0.765. The lowest BCUT2D eigenvalue weighted by Crippen LogP contribution is -2.38. The number of nitrogens with zero attached hydrogens (tertiary/aromatic N) is 3. The molecule has 136 valence electrons. The summed E-state index contributed by atoms with van der Waals surface area (Å²) in [6.45, 7) is 4.95. The number of aryl methyl sites for hydroxylation is 1. The first-order chi connectivity index (χ1) is 12.5. The van der Waals surface area contributed by atoms with Crippen LogP contribution in [0.5, 0.6) is 0 Å². The van der Waals surface area contributed by atoms with Crippen LogP contribution in [0.3, 0.4) is 0 Å². The molecule has 2 N–H and O–H groups in total. The van der Waals surface area contributed by atoms with E-state index in [-0.39, 0.29) is 17.7 Å². The molecule has 0 radical (unpaired) electrons. The standard InChI is InChI=1S/C19H23N5O2/c1-13-3-8-18(23-22-13)24-11-9-15(10-12-24)19(26)21-17-6-4-16(5-7-17)20-14(2)25/h3-8,15H,9-12H2,1-2H3,(H,20,25)(H,21,26). The molecule has 3 rings (SSSR count). The van der Waals surface area contributed by atoms with Gasteiger partial charge in [0.25, 0.3) is 0 Å². The van der Waals surface area contributed by atoms with Crippen molar-refractivity contribution in [1.82, 2.24) is 10.2 Å². The number of hydrogen-bond donors (Lipinski definition) is 2. The van der Waals surface area contributed by atoms with Crippen LogP contribution in [-0.4, -0.2) is 35.1 Å². The summed E-state index contributed by atoms with van der Waals surface area (Å²) in [7, 11) is 0. The molecule has 0 spiro atoms. The number of hydrogen-bond acceptors (Lipinski definition) is 5. The van der Waals surface area contributed by atoms with E-state index in [1.54, 1.807) is 24.3 Å². The predicted octanol–water partition coefficient (Wildman–Crippen LogP) is 2.60. The quantitative estimate of drug-likeness (QED) is 0.882. The maximum Gasteiger partial charge on any atom is 0.227 e. The van der Waals surface area contributed by atoms with Gasteiger partial charge in [-0.3, -0.25) is 9.59 Å². The van der Waals surface area contributed by atoms with Crippen LogP contribution in [0, 0.1) is 12.8 Å². The first-order valence-electron chi connectivity index (χ1n) is 8.75. The Kier molecular flexibility index (Phi) is 5.46. The van der Waals surface area contributed by atoms with Gasteiger partial charge in [-0.15, -0.1) is 5.10 Å². The molecule has 0 atom stereocenters. The smallest absolute Gasteiger partial charge is 0.227 e. The van der Waals surface area contributed by atoms with E-state index in [2.05, 4.69) is 25.7 Å². The lowest BCUT2D eigenvalue weighted by Gasteiger charge is -2.31. The van der Waals surface area contributed by atoms with Crippen LogP contribution < -0.4 is 15.5 Å². The van der Waals surface area contributed by atoms with E-state index in [1.165, 1.54) is 6.92 Å². The zero-order valence-corrected chi connectivity index (χ0v) is 15.0. The number of nitrogens with one attached hydrogen (secondary N) is 2. The molecular formula is C19H23N5O2. The molecular weight excluding hydrogens is 330 g/mol. The Morgan fingerprint density at radius 3 is 2.12 bits per heavy atom. The summed E-state index contributed by atoms with van der Waals surface area (Å²) in [6.07, 6.45) is 1.57. The van der Waals surface area contributed by atoms with Crippen molar-refractivity contribution in [3.8, 4) is 0 Å². The Morgan fingerprint density at radius 1 is 0.962 bits per heavy atom. The minimum Gasteiger partial charge on any atom is -0.355 e. The molecule has 1 fully saturated rings. The number of amides is 2. The van der Waals surface area contributed by atoms with E-state index in [0.29, 0.717) is 5.69 Å². The Labute approximate surface area is 152 Å². The summed E-state index contributed by atoms with van der Waals surface area (Å²) in [5.41, 5.74) is 2.34. The number of carbonyl (C=O) groups is 2. The second-order valence-corrected chi connectivity index (χ2v) is 6.54. The Balaban J connectivity index is 1.52. The van der Waals surface area contributed by atoms with E-state index in [9.17, 15) is 9.59 Å².